The number of aromatic nitrogens is 3. The second-order valence-electron chi connectivity index (χ2n) is 9.45. The van der Waals surface area contributed by atoms with E-state index >= 15 is 0 Å². The Balaban J connectivity index is 1.54. The molecule has 0 aliphatic heterocycles. The van der Waals surface area contributed by atoms with Gasteiger partial charge in [0.25, 0.3) is 0 Å². The van der Waals surface area contributed by atoms with Gasteiger partial charge in [-0.3, -0.25) is 4.57 Å². The maximum Gasteiger partial charge on any atom is 0.346 e. The summed E-state index contributed by atoms with van der Waals surface area (Å²) in [5, 5.41) is 14.2. The normalized spacial score (nSPS) is 14.6. The Kier molecular flexibility index (Phi) is 7.11. The minimum absolute atomic E-state index is 0.0465. The number of rotatable bonds is 8. The molecule has 4 rings (SSSR count). The van der Waals surface area contributed by atoms with Crippen molar-refractivity contribution in [3.05, 3.63) is 76.0 Å². The third kappa shape index (κ3) is 5.27. The third-order valence-electron chi connectivity index (χ3n) is 6.70. The molecule has 1 aliphatic rings. The second-order valence-corrected chi connectivity index (χ2v) is 9.45. The highest BCUT2D eigenvalue weighted by atomic mass is 16.4. The first kappa shape index (κ1) is 23.0. The van der Waals surface area contributed by atoms with Gasteiger partial charge in [0.2, 0.25) is 0 Å². The number of aromatic carboxylic acids is 1. The first-order chi connectivity index (χ1) is 15.9. The smallest absolute Gasteiger partial charge is 0.346 e. The van der Waals surface area contributed by atoms with Crippen LogP contribution in [0.25, 0.3) is 11.1 Å². The Bertz CT molecular complexity index is 1150. The van der Waals surface area contributed by atoms with Crippen molar-refractivity contribution < 1.29 is 9.90 Å². The molecule has 0 spiro atoms. The molecule has 1 fully saturated rings. The predicted octanol–water partition coefficient (Wildman–Crippen LogP) is 5.55. The maximum absolute atomic E-state index is 13.2. The summed E-state index contributed by atoms with van der Waals surface area (Å²) in [6.07, 6.45) is 7.50. The standard InChI is InChI=1S/C27H33N3O3/c1-19(2)25-28-30(17-16-20-8-4-3-5-9-20)27(33)29(25)18-21-12-14-22(15-13-21)23-10-6-7-11-24(23)26(31)32/h6-7,10-15,19-20H,3-5,8-9,16-18H2,1-2H3,(H,31,32). The molecule has 6 heteroatoms. The average Bonchev–Trinajstić information content (AvgIpc) is 3.14. The fourth-order valence-corrected chi connectivity index (χ4v) is 4.85. The zero-order valence-electron chi connectivity index (χ0n) is 19.5. The fraction of sp³-hybridized carbons (Fsp3) is 0.444. The van der Waals surface area contributed by atoms with Gasteiger partial charge < -0.3 is 5.11 Å². The third-order valence-corrected chi connectivity index (χ3v) is 6.70. The molecule has 3 aromatic rings. The summed E-state index contributed by atoms with van der Waals surface area (Å²) in [5.41, 5.74) is 2.75. The van der Waals surface area contributed by atoms with Crippen molar-refractivity contribution in [2.75, 3.05) is 0 Å². The van der Waals surface area contributed by atoms with Crippen LogP contribution in [-0.4, -0.2) is 25.4 Å². The molecule has 33 heavy (non-hydrogen) atoms. The SMILES string of the molecule is CC(C)c1nn(CCC2CCCCC2)c(=O)n1Cc1ccc(-c2ccccc2C(=O)O)cc1. The molecule has 0 atom stereocenters. The Morgan fingerprint density at radius 2 is 1.76 bits per heavy atom. The number of carbonyl (C=O) groups is 1. The number of carboxylic acids is 1. The van der Waals surface area contributed by atoms with E-state index in [1.54, 1.807) is 21.4 Å². The van der Waals surface area contributed by atoms with Gasteiger partial charge in [0, 0.05) is 12.5 Å². The molecule has 1 aromatic heterocycles. The number of carboxylic acid groups (broad SMARTS) is 1. The van der Waals surface area contributed by atoms with Gasteiger partial charge in [0.15, 0.2) is 0 Å². The van der Waals surface area contributed by atoms with Gasteiger partial charge in [-0.1, -0.05) is 88.4 Å². The molecular formula is C27H33N3O3. The zero-order chi connectivity index (χ0) is 23.4. The molecule has 0 radical (unpaired) electrons. The van der Waals surface area contributed by atoms with Gasteiger partial charge in [-0.25, -0.2) is 14.3 Å². The van der Waals surface area contributed by atoms with Crippen LogP contribution in [0, 0.1) is 5.92 Å². The highest BCUT2D eigenvalue weighted by Crippen LogP contribution is 2.27. The van der Waals surface area contributed by atoms with Crippen LogP contribution in [0.1, 0.15) is 80.0 Å². The van der Waals surface area contributed by atoms with E-state index in [1.165, 1.54) is 32.1 Å². The van der Waals surface area contributed by atoms with Gasteiger partial charge in [-0.05, 0) is 35.1 Å². The highest BCUT2D eigenvalue weighted by Gasteiger charge is 2.19. The molecule has 0 saturated heterocycles. The number of aryl methyl sites for hydroxylation is 1. The first-order valence-corrected chi connectivity index (χ1v) is 12.0. The minimum Gasteiger partial charge on any atom is -0.478 e. The van der Waals surface area contributed by atoms with E-state index in [2.05, 4.69) is 18.9 Å². The van der Waals surface area contributed by atoms with Crippen LogP contribution < -0.4 is 5.69 Å². The lowest BCUT2D eigenvalue weighted by molar-refractivity contribution is 0.0697. The highest BCUT2D eigenvalue weighted by molar-refractivity contribution is 5.95. The van der Waals surface area contributed by atoms with E-state index in [-0.39, 0.29) is 17.2 Å². The zero-order valence-corrected chi connectivity index (χ0v) is 19.5. The summed E-state index contributed by atoms with van der Waals surface area (Å²) < 4.78 is 3.44. The van der Waals surface area contributed by atoms with Crippen LogP contribution in [0.3, 0.4) is 0 Å². The van der Waals surface area contributed by atoms with Crippen molar-refractivity contribution >= 4 is 5.97 Å². The van der Waals surface area contributed by atoms with Gasteiger partial charge in [0.05, 0.1) is 12.1 Å². The quantitative estimate of drug-likeness (QED) is 0.491. The molecule has 6 nitrogen and oxygen atoms in total. The van der Waals surface area contributed by atoms with Crippen molar-refractivity contribution in [3.63, 3.8) is 0 Å². The van der Waals surface area contributed by atoms with E-state index < -0.39 is 5.97 Å². The number of benzene rings is 2. The Hall–Kier alpha value is -3.15. The molecule has 1 saturated carbocycles. The Morgan fingerprint density at radius 3 is 2.42 bits per heavy atom. The largest absolute Gasteiger partial charge is 0.478 e. The lowest BCUT2D eigenvalue weighted by atomic mass is 9.87. The second kappa shape index (κ2) is 10.2. The lowest BCUT2D eigenvalue weighted by Gasteiger charge is -2.20. The summed E-state index contributed by atoms with van der Waals surface area (Å²) in [6, 6.07) is 14.8. The van der Waals surface area contributed by atoms with Crippen molar-refractivity contribution in [1.29, 1.82) is 0 Å². The van der Waals surface area contributed by atoms with E-state index in [0.717, 1.165) is 23.4 Å². The van der Waals surface area contributed by atoms with Crippen LogP contribution in [-0.2, 0) is 13.1 Å². The molecule has 0 bridgehead atoms. The first-order valence-electron chi connectivity index (χ1n) is 12.0. The monoisotopic (exact) mass is 447 g/mol. The van der Waals surface area contributed by atoms with E-state index in [9.17, 15) is 14.7 Å². The van der Waals surface area contributed by atoms with Crippen molar-refractivity contribution in [1.82, 2.24) is 14.3 Å². The van der Waals surface area contributed by atoms with Crippen molar-refractivity contribution in [2.24, 2.45) is 5.92 Å². The molecule has 174 valence electrons. The molecule has 1 N–H and O–H groups in total. The van der Waals surface area contributed by atoms with Crippen LogP contribution in [0.2, 0.25) is 0 Å². The molecule has 0 amide bonds. The summed E-state index contributed by atoms with van der Waals surface area (Å²) in [5.74, 6) is 0.724. The molecule has 1 heterocycles. The van der Waals surface area contributed by atoms with Crippen LogP contribution >= 0.6 is 0 Å². The van der Waals surface area contributed by atoms with Crippen LogP contribution in [0.4, 0.5) is 0 Å². The van der Waals surface area contributed by atoms with Gasteiger partial charge in [-0.15, -0.1) is 0 Å². The van der Waals surface area contributed by atoms with Crippen LogP contribution in [0.15, 0.2) is 53.3 Å². The number of nitrogens with zero attached hydrogens (tertiary/aromatic N) is 3. The van der Waals surface area contributed by atoms with Crippen LogP contribution in [0.5, 0.6) is 0 Å². The van der Waals surface area contributed by atoms with E-state index in [4.69, 9.17) is 0 Å². The topological polar surface area (TPSA) is 77.1 Å². The van der Waals surface area contributed by atoms with Crippen molar-refractivity contribution in [3.8, 4) is 11.1 Å². The van der Waals surface area contributed by atoms with Crippen molar-refractivity contribution in [2.45, 2.75) is 71.4 Å². The fourth-order valence-electron chi connectivity index (χ4n) is 4.85. The summed E-state index contributed by atoms with van der Waals surface area (Å²) >= 11 is 0. The molecular weight excluding hydrogens is 414 g/mol. The minimum atomic E-state index is -0.941. The number of hydrogen-bond donors (Lipinski definition) is 1. The van der Waals surface area contributed by atoms with Gasteiger partial charge >= 0.3 is 11.7 Å². The molecule has 2 aromatic carbocycles. The summed E-state index contributed by atoms with van der Waals surface area (Å²) in [7, 11) is 0. The van der Waals surface area contributed by atoms with E-state index in [0.29, 0.717) is 24.6 Å². The maximum atomic E-state index is 13.2. The summed E-state index contributed by atoms with van der Waals surface area (Å²) in [4.78, 5) is 24.7. The van der Waals surface area contributed by atoms with Gasteiger partial charge in [0.1, 0.15) is 5.82 Å². The number of hydrogen-bond acceptors (Lipinski definition) is 3. The predicted molar refractivity (Wildman–Crippen MR) is 130 cm³/mol. The average molecular weight is 448 g/mol. The van der Waals surface area contributed by atoms with Gasteiger partial charge in [-0.2, -0.15) is 5.10 Å². The molecule has 1 aliphatic carbocycles. The summed E-state index contributed by atoms with van der Waals surface area (Å²) in [6.45, 7) is 5.27. The van der Waals surface area contributed by atoms with E-state index in [1.807, 2.05) is 36.4 Å². The molecule has 0 unspecified atom stereocenters. The lowest BCUT2D eigenvalue weighted by Crippen LogP contribution is -2.27. The Labute approximate surface area is 194 Å². The Morgan fingerprint density at radius 1 is 1.06 bits per heavy atom.